The molecule has 0 radical (unpaired) electrons. The Labute approximate surface area is 96.5 Å². The van der Waals surface area contributed by atoms with E-state index in [1.165, 1.54) is 0 Å². The molecule has 0 bridgehead atoms. The van der Waals surface area contributed by atoms with Gasteiger partial charge in [0.1, 0.15) is 5.58 Å². The van der Waals surface area contributed by atoms with Crippen LogP contribution >= 0.6 is 11.3 Å². The molecule has 3 nitrogen and oxygen atoms in total. The van der Waals surface area contributed by atoms with Gasteiger partial charge in [0.15, 0.2) is 10.8 Å². The Morgan fingerprint density at radius 1 is 1.31 bits per heavy atom. The highest BCUT2D eigenvalue weighted by atomic mass is 32.1. The molecule has 0 aliphatic carbocycles. The second-order valence-electron chi connectivity index (χ2n) is 3.50. The first kappa shape index (κ1) is 9.57. The number of para-hydroxylation sites is 1. The van der Waals surface area contributed by atoms with Crippen LogP contribution in [0.2, 0.25) is 0 Å². The van der Waals surface area contributed by atoms with Gasteiger partial charge in [-0.1, -0.05) is 18.2 Å². The SMILES string of the molecule is NCc1csc(-c2cc3ccccc3o2)n1. The van der Waals surface area contributed by atoms with E-state index in [2.05, 4.69) is 4.98 Å². The fraction of sp³-hybridized carbons (Fsp3) is 0.0833. The van der Waals surface area contributed by atoms with Gasteiger partial charge >= 0.3 is 0 Å². The van der Waals surface area contributed by atoms with Crippen LogP contribution in [0.5, 0.6) is 0 Å². The molecule has 0 amide bonds. The number of hydrogen-bond donors (Lipinski definition) is 1. The van der Waals surface area contributed by atoms with Crippen molar-refractivity contribution < 1.29 is 4.42 Å². The summed E-state index contributed by atoms with van der Waals surface area (Å²) >= 11 is 1.56. The fourth-order valence-electron chi connectivity index (χ4n) is 1.60. The van der Waals surface area contributed by atoms with Crippen LogP contribution in [0.25, 0.3) is 21.7 Å². The van der Waals surface area contributed by atoms with E-state index >= 15 is 0 Å². The molecule has 0 aliphatic heterocycles. The summed E-state index contributed by atoms with van der Waals surface area (Å²) < 4.78 is 5.72. The first-order chi connectivity index (χ1) is 7.86. The van der Waals surface area contributed by atoms with E-state index in [4.69, 9.17) is 10.2 Å². The molecule has 0 unspecified atom stereocenters. The van der Waals surface area contributed by atoms with E-state index in [0.29, 0.717) is 6.54 Å². The lowest BCUT2D eigenvalue weighted by Crippen LogP contribution is -1.95. The number of fused-ring (bicyclic) bond motifs is 1. The Morgan fingerprint density at radius 3 is 2.94 bits per heavy atom. The standard InChI is InChI=1S/C12H10N2OS/c13-6-9-7-16-12(14-9)11-5-8-3-1-2-4-10(8)15-11/h1-5,7H,6,13H2. The van der Waals surface area contributed by atoms with Crippen LogP contribution < -0.4 is 5.73 Å². The van der Waals surface area contributed by atoms with Gasteiger partial charge in [0.25, 0.3) is 0 Å². The first-order valence-corrected chi connectivity index (χ1v) is 5.88. The number of hydrogen-bond acceptors (Lipinski definition) is 4. The average Bonchev–Trinajstić information content (AvgIpc) is 2.95. The van der Waals surface area contributed by atoms with E-state index in [0.717, 1.165) is 27.4 Å². The minimum atomic E-state index is 0.469. The van der Waals surface area contributed by atoms with Crippen LogP contribution in [0.4, 0.5) is 0 Å². The monoisotopic (exact) mass is 230 g/mol. The number of aromatic nitrogens is 1. The van der Waals surface area contributed by atoms with Crippen molar-refractivity contribution in [2.75, 3.05) is 0 Å². The molecule has 16 heavy (non-hydrogen) atoms. The third kappa shape index (κ3) is 1.52. The molecule has 2 N–H and O–H groups in total. The van der Waals surface area contributed by atoms with Gasteiger partial charge in [-0.25, -0.2) is 4.98 Å². The van der Waals surface area contributed by atoms with Crippen LogP contribution in [0.15, 0.2) is 40.1 Å². The van der Waals surface area contributed by atoms with Gasteiger partial charge < -0.3 is 10.2 Å². The number of thiazole rings is 1. The normalized spacial score (nSPS) is 11.1. The van der Waals surface area contributed by atoms with Crippen molar-refractivity contribution in [1.82, 2.24) is 4.98 Å². The summed E-state index contributed by atoms with van der Waals surface area (Å²) in [7, 11) is 0. The molecule has 3 rings (SSSR count). The van der Waals surface area contributed by atoms with Crippen molar-refractivity contribution in [1.29, 1.82) is 0 Å². The first-order valence-electron chi connectivity index (χ1n) is 5.00. The smallest absolute Gasteiger partial charge is 0.164 e. The lowest BCUT2D eigenvalue weighted by atomic mass is 10.2. The average molecular weight is 230 g/mol. The molecule has 2 aromatic heterocycles. The topological polar surface area (TPSA) is 52.0 Å². The van der Waals surface area contributed by atoms with E-state index < -0.39 is 0 Å². The minimum absolute atomic E-state index is 0.469. The zero-order valence-electron chi connectivity index (χ0n) is 8.51. The molecule has 4 heteroatoms. The molecule has 1 aromatic carbocycles. The Balaban J connectivity index is 2.11. The highest BCUT2D eigenvalue weighted by Crippen LogP contribution is 2.29. The maximum Gasteiger partial charge on any atom is 0.164 e. The zero-order valence-corrected chi connectivity index (χ0v) is 9.33. The molecule has 3 aromatic rings. The Hall–Kier alpha value is -1.65. The van der Waals surface area contributed by atoms with Gasteiger partial charge in [-0.2, -0.15) is 0 Å². The van der Waals surface area contributed by atoms with Gasteiger partial charge in [-0.3, -0.25) is 0 Å². The van der Waals surface area contributed by atoms with Gasteiger partial charge in [0, 0.05) is 17.3 Å². The lowest BCUT2D eigenvalue weighted by molar-refractivity contribution is 0.630. The van der Waals surface area contributed by atoms with Crippen molar-refractivity contribution in [3.05, 3.63) is 41.4 Å². The van der Waals surface area contributed by atoms with Gasteiger partial charge in [-0.15, -0.1) is 11.3 Å². The Kier molecular flexibility index (Phi) is 2.23. The van der Waals surface area contributed by atoms with Gasteiger partial charge in [-0.05, 0) is 12.1 Å². The predicted octanol–water partition coefficient (Wildman–Crippen LogP) is 3.02. The fourth-order valence-corrected chi connectivity index (χ4v) is 2.38. The summed E-state index contributed by atoms with van der Waals surface area (Å²) in [5, 5.41) is 3.95. The van der Waals surface area contributed by atoms with E-state index in [1.54, 1.807) is 11.3 Å². The molecule has 0 aliphatic rings. The lowest BCUT2D eigenvalue weighted by Gasteiger charge is -1.87. The maximum absolute atomic E-state index is 5.72. The molecule has 0 saturated carbocycles. The summed E-state index contributed by atoms with van der Waals surface area (Å²) in [5.41, 5.74) is 7.32. The van der Waals surface area contributed by atoms with Crippen molar-refractivity contribution in [2.24, 2.45) is 5.73 Å². The zero-order chi connectivity index (χ0) is 11.0. The molecular formula is C12H10N2OS. The Bertz CT molecular complexity index is 594. The highest BCUT2D eigenvalue weighted by Gasteiger charge is 2.09. The van der Waals surface area contributed by atoms with Crippen LogP contribution in [-0.2, 0) is 6.54 Å². The van der Waals surface area contributed by atoms with E-state index in [-0.39, 0.29) is 0 Å². The van der Waals surface area contributed by atoms with E-state index in [1.807, 2.05) is 35.7 Å². The number of rotatable bonds is 2. The van der Waals surface area contributed by atoms with Crippen LogP contribution in [-0.4, -0.2) is 4.98 Å². The van der Waals surface area contributed by atoms with Crippen LogP contribution in [0.3, 0.4) is 0 Å². The van der Waals surface area contributed by atoms with E-state index in [9.17, 15) is 0 Å². The maximum atomic E-state index is 5.72. The number of benzene rings is 1. The highest BCUT2D eigenvalue weighted by molar-refractivity contribution is 7.13. The Morgan fingerprint density at radius 2 is 2.19 bits per heavy atom. The van der Waals surface area contributed by atoms with Gasteiger partial charge in [0.05, 0.1) is 5.69 Å². The summed E-state index contributed by atoms with van der Waals surface area (Å²) in [6.07, 6.45) is 0. The summed E-state index contributed by atoms with van der Waals surface area (Å²) in [6.45, 7) is 0.469. The van der Waals surface area contributed by atoms with Crippen LogP contribution in [0, 0.1) is 0 Å². The van der Waals surface area contributed by atoms with Gasteiger partial charge in [0.2, 0.25) is 0 Å². The molecule has 0 spiro atoms. The van der Waals surface area contributed by atoms with Crippen molar-refractivity contribution >= 4 is 22.3 Å². The molecule has 0 fully saturated rings. The molecule has 0 saturated heterocycles. The predicted molar refractivity (Wildman–Crippen MR) is 65.2 cm³/mol. The second kappa shape index (κ2) is 3.73. The number of nitrogens with zero attached hydrogens (tertiary/aromatic N) is 1. The number of nitrogens with two attached hydrogens (primary N) is 1. The molecular weight excluding hydrogens is 220 g/mol. The largest absolute Gasteiger partial charge is 0.454 e. The molecule has 2 heterocycles. The second-order valence-corrected chi connectivity index (χ2v) is 4.35. The minimum Gasteiger partial charge on any atom is -0.454 e. The van der Waals surface area contributed by atoms with Crippen molar-refractivity contribution in [3.63, 3.8) is 0 Å². The molecule has 80 valence electrons. The quantitative estimate of drug-likeness (QED) is 0.736. The van der Waals surface area contributed by atoms with Crippen molar-refractivity contribution in [3.8, 4) is 10.8 Å². The third-order valence-electron chi connectivity index (χ3n) is 2.40. The summed E-state index contributed by atoms with van der Waals surface area (Å²) in [5.74, 6) is 0.811. The molecule has 0 atom stereocenters. The van der Waals surface area contributed by atoms with Crippen LogP contribution in [0.1, 0.15) is 5.69 Å². The summed E-state index contributed by atoms with van der Waals surface area (Å²) in [6, 6.07) is 9.95. The number of furan rings is 1. The summed E-state index contributed by atoms with van der Waals surface area (Å²) in [4.78, 5) is 4.39. The third-order valence-corrected chi connectivity index (χ3v) is 3.30. The van der Waals surface area contributed by atoms with Crippen molar-refractivity contribution in [2.45, 2.75) is 6.54 Å².